The van der Waals surface area contributed by atoms with Crippen LogP contribution in [0.4, 0.5) is 10.1 Å². The molecule has 0 aliphatic heterocycles. The fourth-order valence-corrected chi connectivity index (χ4v) is 3.12. The molecule has 0 bridgehead atoms. The molecule has 0 saturated heterocycles. The van der Waals surface area contributed by atoms with Gasteiger partial charge in [0.2, 0.25) is 15.9 Å². The van der Waals surface area contributed by atoms with Crippen molar-refractivity contribution >= 4 is 21.6 Å². The van der Waals surface area contributed by atoms with Crippen molar-refractivity contribution in [1.29, 1.82) is 0 Å². The molecule has 1 atom stereocenters. The van der Waals surface area contributed by atoms with Crippen LogP contribution in [0.3, 0.4) is 0 Å². The van der Waals surface area contributed by atoms with Crippen molar-refractivity contribution in [3.63, 3.8) is 0 Å². The monoisotopic (exact) mass is 350 g/mol. The first-order valence-electron chi connectivity index (χ1n) is 7.35. The molecule has 0 saturated carbocycles. The van der Waals surface area contributed by atoms with Crippen molar-refractivity contribution in [2.24, 2.45) is 0 Å². The number of carbonyl (C=O) groups excluding carboxylic acids is 1. The minimum absolute atomic E-state index is 0.111. The van der Waals surface area contributed by atoms with E-state index in [2.05, 4.69) is 5.32 Å². The standard InChI is InChI=1S/C17H19FN2O3S/c1-13(14-7-4-3-5-8-14)19-17(21)12-20(24(2,22)23)16-10-6-9-15(18)11-16/h3-11,13H,12H2,1-2H3,(H,19,21). The number of sulfonamides is 1. The summed E-state index contributed by atoms with van der Waals surface area (Å²) in [6, 6.07) is 14.2. The lowest BCUT2D eigenvalue weighted by molar-refractivity contribution is -0.120. The summed E-state index contributed by atoms with van der Waals surface area (Å²) in [6.45, 7) is 1.39. The molecule has 2 aromatic carbocycles. The van der Waals surface area contributed by atoms with Gasteiger partial charge in [0.05, 0.1) is 18.0 Å². The van der Waals surface area contributed by atoms with Gasteiger partial charge < -0.3 is 5.32 Å². The first-order chi connectivity index (χ1) is 11.3. The first kappa shape index (κ1) is 17.9. The van der Waals surface area contributed by atoms with Crippen LogP contribution in [0, 0.1) is 5.82 Å². The van der Waals surface area contributed by atoms with E-state index in [1.807, 2.05) is 30.3 Å². The number of amides is 1. The third-order valence-corrected chi connectivity index (χ3v) is 4.60. The lowest BCUT2D eigenvalue weighted by atomic mass is 10.1. The highest BCUT2D eigenvalue weighted by Crippen LogP contribution is 2.18. The molecule has 0 spiro atoms. The van der Waals surface area contributed by atoms with Crippen molar-refractivity contribution in [2.45, 2.75) is 13.0 Å². The van der Waals surface area contributed by atoms with Crippen molar-refractivity contribution in [1.82, 2.24) is 5.32 Å². The fraction of sp³-hybridized carbons (Fsp3) is 0.235. The molecule has 2 rings (SSSR count). The summed E-state index contributed by atoms with van der Waals surface area (Å²) in [5, 5.41) is 2.74. The summed E-state index contributed by atoms with van der Waals surface area (Å²) in [4.78, 5) is 12.2. The number of hydrogen-bond acceptors (Lipinski definition) is 3. The van der Waals surface area contributed by atoms with Gasteiger partial charge in [-0.15, -0.1) is 0 Å². The van der Waals surface area contributed by atoms with Crippen LogP contribution in [0.1, 0.15) is 18.5 Å². The average Bonchev–Trinajstić information content (AvgIpc) is 2.52. The second-order valence-corrected chi connectivity index (χ2v) is 7.36. The molecule has 2 aromatic rings. The average molecular weight is 350 g/mol. The largest absolute Gasteiger partial charge is 0.348 e. The van der Waals surface area contributed by atoms with E-state index in [1.165, 1.54) is 18.2 Å². The van der Waals surface area contributed by atoms with E-state index in [4.69, 9.17) is 0 Å². The van der Waals surface area contributed by atoms with Crippen molar-refractivity contribution in [3.8, 4) is 0 Å². The summed E-state index contributed by atoms with van der Waals surface area (Å²) in [6.07, 6.45) is 0.978. The van der Waals surface area contributed by atoms with Gasteiger partial charge in [0, 0.05) is 0 Å². The van der Waals surface area contributed by atoms with E-state index >= 15 is 0 Å². The SMILES string of the molecule is CC(NC(=O)CN(c1cccc(F)c1)S(C)(=O)=O)c1ccccc1. The third kappa shape index (κ3) is 4.79. The number of rotatable bonds is 6. The van der Waals surface area contributed by atoms with E-state index in [1.54, 1.807) is 6.92 Å². The third-order valence-electron chi connectivity index (χ3n) is 3.46. The van der Waals surface area contributed by atoms with Crippen LogP contribution in [0.5, 0.6) is 0 Å². The van der Waals surface area contributed by atoms with Gasteiger partial charge in [0.25, 0.3) is 0 Å². The highest BCUT2D eigenvalue weighted by Gasteiger charge is 2.22. The molecule has 0 aromatic heterocycles. The number of halogens is 1. The van der Waals surface area contributed by atoms with E-state index < -0.39 is 28.3 Å². The van der Waals surface area contributed by atoms with Gasteiger partial charge in [0.1, 0.15) is 12.4 Å². The molecule has 0 fully saturated rings. The van der Waals surface area contributed by atoms with Crippen LogP contribution in [0.15, 0.2) is 54.6 Å². The van der Waals surface area contributed by atoms with Crippen LogP contribution in [-0.2, 0) is 14.8 Å². The molecular weight excluding hydrogens is 331 g/mol. The van der Waals surface area contributed by atoms with Crippen LogP contribution in [0.25, 0.3) is 0 Å². The lowest BCUT2D eigenvalue weighted by Gasteiger charge is -2.23. The molecule has 128 valence electrons. The number of benzene rings is 2. The minimum atomic E-state index is -3.72. The Kier molecular flexibility index (Phi) is 5.56. The van der Waals surface area contributed by atoms with E-state index in [0.717, 1.165) is 22.2 Å². The molecule has 1 N–H and O–H groups in total. The number of hydrogen-bond donors (Lipinski definition) is 1. The topological polar surface area (TPSA) is 66.5 Å². The summed E-state index contributed by atoms with van der Waals surface area (Å²) >= 11 is 0. The number of nitrogens with one attached hydrogen (secondary N) is 1. The van der Waals surface area contributed by atoms with Crippen LogP contribution in [-0.4, -0.2) is 27.1 Å². The molecule has 0 radical (unpaired) electrons. The van der Waals surface area contributed by atoms with Gasteiger partial charge in [-0.1, -0.05) is 36.4 Å². The number of carbonyl (C=O) groups is 1. The molecule has 1 amide bonds. The maximum absolute atomic E-state index is 13.4. The molecule has 24 heavy (non-hydrogen) atoms. The minimum Gasteiger partial charge on any atom is -0.348 e. The molecule has 7 heteroatoms. The highest BCUT2D eigenvalue weighted by atomic mass is 32.2. The Morgan fingerprint density at radius 2 is 1.83 bits per heavy atom. The maximum Gasteiger partial charge on any atom is 0.241 e. The second kappa shape index (κ2) is 7.44. The Hall–Kier alpha value is -2.41. The van der Waals surface area contributed by atoms with Gasteiger partial charge in [0.15, 0.2) is 0 Å². The predicted octanol–water partition coefficient (Wildman–Crippen LogP) is 2.47. The lowest BCUT2D eigenvalue weighted by Crippen LogP contribution is -2.41. The number of anilines is 1. The van der Waals surface area contributed by atoms with E-state index in [9.17, 15) is 17.6 Å². The van der Waals surface area contributed by atoms with Gasteiger partial charge in [-0.25, -0.2) is 12.8 Å². The molecule has 1 unspecified atom stereocenters. The Morgan fingerprint density at radius 1 is 1.17 bits per heavy atom. The normalized spacial score (nSPS) is 12.5. The van der Waals surface area contributed by atoms with E-state index in [0.29, 0.717) is 0 Å². The molecular formula is C17H19FN2O3S. The maximum atomic E-state index is 13.4. The number of nitrogens with zero attached hydrogens (tertiary/aromatic N) is 1. The Bertz CT molecular complexity index is 810. The van der Waals surface area contributed by atoms with Crippen LogP contribution < -0.4 is 9.62 Å². The van der Waals surface area contributed by atoms with Gasteiger partial charge >= 0.3 is 0 Å². The van der Waals surface area contributed by atoms with Crippen molar-refractivity contribution in [2.75, 3.05) is 17.1 Å². The first-order valence-corrected chi connectivity index (χ1v) is 9.20. The molecule has 0 heterocycles. The highest BCUT2D eigenvalue weighted by molar-refractivity contribution is 7.92. The van der Waals surface area contributed by atoms with Crippen molar-refractivity contribution in [3.05, 3.63) is 66.0 Å². The summed E-state index contributed by atoms with van der Waals surface area (Å²) in [5.74, 6) is -1.04. The van der Waals surface area contributed by atoms with Crippen molar-refractivity contribution < 1.29 is 17.6 Å². The van der Waals surface area contributed by atoms with Gasteiger partial charge in [-0.3, -0.25) is 9.10 Å². The zero-order chi connectivity index (χ0) is 17.7. The van der Waals surface area contributed by atoms with E-state index in [-0.39, 0.29) is 11.7 Å². The van der Waals surface area contributed by atoms with Crippen LogP contribution in [0.2, 0.25) is 0 Å². The van der Waals surface area contributed by atoms with Gasteiger partial charge in [-0.2, -0.15) is 0 Å². The molecule has 0 aliphatic rings. The Labute approximate surface area is 141 Å². The molecule has 5 nitrogen and oxygen atoms in total. The second-order valence-electron chi connectivity index (χ2n) is 5.45. The van der Waals surface area contributed by atoms with Crippen LogP contribution >= 0.6 is 0 Å². The zero-order valence-electron chi connectivity index (χ0n) is 13.4. The zero-order valence-corrected chi connectivity index (χ0v) is 14.3. The predicted molar refractivity (Wildman–Crippen MR) is 91.6 cm³/mol. The summed E-state index contributed by atoms with van der Waals surface area (Å²) in [7, 11) is -3.72. The van der Waals surface area contributed by atoms with Gasteiger partial charge in [-0.05, 0) is 30.7 Å². The Morgan fingerprint density at radius 3 is 2.42 bits per heavy atom. The summed E-state index contributed by atoms with van der Waals surface area (Å²) < 4.78 is 38.2. The summed E-state index contributed by atoms with van der Waals surface area (Å²) in [5.41, 5.74) is 1.02. The quantitative estimate of drug-likeness (QED) is 0.870. The Balaban J connectivity index is 2.14. The molecule has 0 aliphatic carbocycles. The smallest absolute Gasteiger partial charge is 0.241 e. The fourth-order valence-electron chi connectivity index (χ4n) is 2.27.